The average Bonchev–Trinajstić information content (AvgIpc) is 2.76. The molecule has 0 fully saturated rings. The molecule has 2 aromatic rings. The van der Waals surface area contributed by atoms with Crippen LogP contribution in [0.3, 0.4) is 0 Å². The number of benzene rings is 1. The monoisotopic (exact) mass is 250 g/mol. The van der Waals surface area contributed by atoms with Crippen molar-refractivity contribution in [3.8, 4) is 11.5 Å². The predicted octanol–water partition coefficient (Wildman–Crippen LogP) is 2.36. The summed E-state index contributed by atoms with van der Waals surface area (Å²) in [6, 6.07) is 7.51. The third-order valence-electron chi connectivity index (χ3n) is 2.26. The highest BCUT2D eigenvalue weighted by atomic mass is 32.1. The van der Waals surface area contributed by atoms with Crippen LogP contribution < -0.4 is 15.2 Å². The molecule has 5 heteroatoms. The van der Waals surface area contributed by atoms with Crippen molar-refractivity contribution in [3.05, 3.63) is 35.3 Å². The van der Waals surface area contributed by atoms with Crippen molar-refractivity contribution in [1.29, 1.82) is 0 Å². The predicted molar refractivity (Wildman–Crippen MR) is 68.7 cm³/mol. The lowest BCUT2D eigenvalue weighted by atomic mass is 10.3. The molecule has 0 amide bonds. The van der Waals surface area contributed by atoms with Crippen LogP contribution in [0.15, 0.2) is 29.6 Å². The molecule has 0 atom stereocenters. The van der Waals surface area contributed by atoms with Gasteiger partial charge < -0.3 is 15.2 Å². The molecule has 0 aliphatic rings. The zero-order valence-electron chi connectivity index (χ0n) is 9.55. The summed E-state index contributed by atoms with van der Waals surface area (Å²) < 4.78 is 10.7. The molecule has 0 bridgehead atoms. The Morgan fingerprint density at radius 2 is 1.94 bits per heavy atom. The van der Waals surface area contributed by atoms with E-state index in [-0.39, 0.29) is 0 Å². The number of ether oxygens (including phenoxy) is 2. The summed E-state index contributed by atoms with van der Waals surface area (Å²) in [4.78, 5) is 4.17. The SMILES string of the molecule is COc1ccc(OCCc2csc(N)n2)cc1. The number of methoxy groups -OCH3 is 1. The van der Waals surface area contributed by atoms with Gasteiger partial charge >= 0.3 is 0 Å². The van der Waals surface area contributed by atoms with Crippen LogP contribution in [0.1, 0.15) is 5.69 Å². The van der Waals surface area contributed by atoms with E-state index < -0.39 is 0 Å². The van der Waals surface area contributed by atoms with E-state index in [1.165, 1.54) is 11.3 Å². The molecule has 0 aliphatic carbocycles. The van der Waals surface area contributed by atoms with Crippen molar-refractivity contribution in [1.82, 2.24) is 4.98 Å². The van der Waals surface area contributed by atoms with Gasteiger partial charge in [-0.1, -0.05) is 0 Å². The second-order valence-electron chi connectivity index (χ2n) is 3.45. The Balaban J connectivity index is 1.81. The van der Waals surface area contributed by atoms with E-state index in [1.807, 2.05) is 29.6 Å². The first kappa shape index (κ1) is 11.7. The molecule has 2 rings (SSSR count). The second kappa shape index (κ2) is 5.54. The Hall–Kier alpha value is -1.75. The van der Waals surface area contributed by atoms with Crippen LogP contribution in [-0.4, -0.2) is 18.7 Å². The van der Waals surface area contributed by atoms with E-state index in [2.05, 4.69) is 4.98 Å². The lowest BCUT2D eigenvalue weighted by Crippen LogP contribution is -2.01. The summed E-state index contributed by atoms with van der Waals surface area (Å²) in [6.45, 7) is 0.593. The van der Waals surface area contributed by atoms with E-state index in [4.69, 9.17) is 15.2 Å². The van der Waals surface area contributed by atoms with Gasteiger partial charge in [0, 0.05) is 11.8 Å². The van der Waals surface area contributed by atoms with Crippen LogP contribution in [0.2, 0.25) is 0 Å². The lowest BCUT2D eigenvalue weighted by Gasteiger charge is -2.05. The number of nitrogen functional groups attached to an aromatic ring is 1. The topological polar surface area (TPSA) is 57.4 Å². The van der Waals surface area contributed by atoms with Gasteiger partial charge in [0.1, 0.15) is 11.5 Å². The fourth-order valence-corrected chi connectivity index (χ4v) is 1.98. The van der Waals surface area contributed by atoms with Gasteiger partial charge in [0.2, 0.25) is 0 Å². The number of rotatable bonds is 5. The van der Waals surface area contributed by atoms with Crippen LogP contribution >= 0.6 is 11.3 Å². The Bertz CT molecular complexity index is 468. The summed E-state index contributed by atoms with van der Waals surface area (Å²) in [7, 11) is 1.64. The number of thiazole rings is 1. The summed E-state index contributed by atoms with van der Waals surface area (Å²) in [5.74, 6) is 1.65. The molecule has 2 N–H and O–H groups in total. The number of nitrogens with zero attached hydrogens (tertiary/aromatic N) is 1. The van der Waals surface area contributed by atoms with Crippen LogP contribution in [0.5, 0.6) is 11.5 Å². The molecule has 0 radical (unpaired) electrons. The summed E-state index contributed by atoms with van der Waals surface area (Å²) in [5, 5.41) is 2.55. The molecule has 0 aliphatic heterocycles. The highest BCUT2D eigenvalue weighted by Gasteiger charge is 2.00. The number of aromatic nitrogens is 1. The van der Waals surface area contributed by atoms with Gasteiger partial charge in [-0.3, -0.25) is 0 Å². The van der Waals surface area contributed by atoms with Gasteiger partial charge in [-0.25, -0.2) is 4.98 Å². The minimum absolute atomic E-state index is 0.593. The van der Waals surface area contributed by atoms with Crippen LogP contribution in [-0.2, 0) is 6.42 Å². The number of hydrogen-bond donors (Lipinski definition) is 1. The van der Waals surface area contributed by atoms with E-state index in [9.17, 15) is 0 Å². The maximum atomic E-state index is 5.59. The molecular weight excluding hydrogens is 236 g/mol. The summed E-state index contributed by atoms with van der Waals surface area (Å²) >= 11 is 1.45. The number of anilines is 1. The van der Waals surface area contributed by atoms with E-state index in [0.717, 1.165) is 23.6 Å². The molecule has 17 heavy (non-hydrogen) atoms. The zero-order chi connectivity index (χ0) is 12.1. The molecule has 1 aromatic heterocycles. The maximum absolute atomic E-state index is 5.59. The Morgan fingerprint density at radius 3 is 2.53 bits per heavy atom. The molecule has 90 valence electrons. The Morgan fingerprint density at radius 1 is 1.24 bits per heavy atom. The van der Waals surface area contributed by atoms with Crippen molar-refractivity contribution < 1.29 is 9.47 Å². The fraction of sp³-hybridized carbons (Fsp3) is 0.250. The third-order valence-corrected chi connectivity index (χ3v) is 2.98. The normalized spacial score (nSPS) is 10.2. The van der Waals surface area contributed by atoms with Crippen LogP contribution in [0.25, 0.3) is 0 Å². The van der Waals surface area contributed by atoms with Gasteiger partial charge in [-0.15, -0.1) is 11.3 Å². The quantitative estimate of drug-likeness (QED) is 0.885. The fourth-order valence-electron chi connectivity index (χ4n) is 1.38. The Labute approximate surface area is 104 Å². The van der Waals surface area contributed by atoms with E-state index in [0.29, 0.717) is 11.7 Å². The van der Waals surface area contributed by atoms with Crippen molar-refractivity contribution in [2.75, 3.05) is 19.5 Å². The summed E-state index contributed by atoms with van der Waals surface area (Å²) in [6.07, 6.45) is 0.764. The molecule has 0 saturated heterocycles. The first-order valence-corrected chi connectivity index (χ1v) is 6.12. The highest BCUT2D eigenvalue weighted by molar-refractivity contribution is 7.13. The molecule has 0 spiro atoms. The molecule has 4 nitrogen and oxygen atoms in total. The molecule has 0 saturated carbocycles. The largest absolute Gasteiger partial charge is 0.497 e. The minimum atomic E-state index is 0.593. The van der Waals surface area contributed by atoms with Gasteiger partial charge in [-0.05, 0) is 24.3 Å². The van der Waals surface area contributed by atoms with Gasteiger partial charge in [0.15, 0.2) is 5.13 Å². The maximum Gasteiger partial charge on any atom is 0.180 e. The number of nitrogens with two attached hydrogens (primary N) is 1. The molecule has 1 heterocycles. The number of hydrogen-bond acceptors (Lipinski definition) is 5. The first-order valence-electron chi connectivity index (χ1n) is 5.24. The van der Waals surface area contributed by atoms with Crippen LogP contribution in [0, 0.1) is 0 Å². The van der Waals surface area contributed by atoms with Gasteiger partial charge in [-0.2, -0.15) is 0 Å². The Kier molecular flexibility index (Phi) is 3.82. The van der Waals surface area contributed by atoms with Gasteiger partial charge in [0.05, 0.1) is 19.4 Å². The standard InChI is InChI=1S/C12H14N2O2S/c1-15-10-2-4-11(5-3-10)16-7-6-9-8-17-12(13)14-9/h2-5,8H,6-7H2,1H3,(H2,13,14). The summed E-state index contributed by atoms with van der Waals surface area (Å²) in [5.41, 5.74) is 6.52. The average molecular weight is 250 g/mol. The molecule has 0 unspecified atom stereocenters. The van der Waals surface area contributed by atoms with Crippen molar-refractivity contribution in [2.45, 2.75) is 6.42 Å². The molecule has 1 aromatic carbocycles. The van der Waals surface area contributed by atoms with Crippen molar-refractivity contribution in [3.63, 3.8) is 0 Å². The second-order valence-corrected chi connectivity index (χ2v) is 4.34. The third kappa shape index (κ3) is 3.35. The first-order chi connectivity index (χ1) is 8.28. The zero-order valence-corrected chi connectivity index (χ0v) is 10.4. The highest BCUT2D eigenvalue weighted by Crippen LogP contribution is 2.17. The smallest absolute Gasteiger partial charge is 0.180 e. The van der Waals surface area contributed by atoms with E-state index >= 15 is 0 Å². The van der Waals surface area contributed by atoms with E-state index in [1.54, 1.807) is 7.11 Å². The van der Waals surface area contributed by atoms with Gasteiger partial charge in [0.25, 0.3) is 0 Å². The minimum Gasteiger partial charge on any atom is -0.497 e. The van der Waals surface area contributed by atoms with Crippen molar-refractivity contribution in [2.24, 2.45) is 0 Å². The molecular formula is C12H14N2O2S. The van der Waals surface area contributed by atoms with Crippen molar-refractivity contribution >= 4 is 16.5 Å². The van der Waals surface area contributed by atoms with Crippen LogP contribution in [0.4, 0.5) is 5.13 Å². The lowest BCUT2D eigenvalue weighted by molar-refractivity contribution is 0.320.